The molecule has 1 heterocycles. The Hall–Kier alpha value is -0.580. The number of hydrogen-bond acceptors (Lipinski definition) is 2. The second kappa shape index (κ2) is 10.2. The van der Waals surface area contributed by atoms with E-state index in [1.54, 1.807) is 0 Å². The summed E-state index contributed by atoms with van der Waals surface area (Å²) in [5.41, 5.74) is 0. The third-order valence-corrected chi connectivity index (χ3v) is 4.26. The summed E-state index contributed by atoms with van der Waals surface area (Å²) in [5.74, 6) is -0.0332. The third-order valence-electron chi connectivity index (χ3n) is 3.70. The number of amides is 3. The summed E-state index contributed by atoms with van der Waals surface area (Å²) in [6.45, 7) is 2.60. The number of urea groups is 1. The van der Waals surface area contributed by atoms with E-state index in [0.29, 0.717) is 6.54 Å². The molecule has 1 saturated heterocycles. The van der Waals surface area contributed by atoms with Crippen molar-refractivity contribution in [2.45, 2.75) is 70.8 Å². The Morgan fingerprint density at radius 1 is 1.05 bits per heavy atom. The van der Waals surface area contributed by atoms with Crippen LogP contribution in [-0.4, -0.2) is 34.8 Å². The van der Waals surface area contributed by atoms with Crippen LogP contribution in [0.25, 0.3) is 0 Å². The average molecular weight is 347 g/mol. The number of unbranched alkanes of at least 4 members (excludes halogenated alkanes) is 6. The number of alkyl halides is 1. The summed E-state index contributed by atoms with van der Waals surface area (Å²) in [5, 5.41) is 3.86. The lowest BCUT2D eigenvalue weighted by Crippen LogP contribution is -2.32. The van der Waals surface area contributed by atoms with Crippen molar-refractivity contribution in [1.82, 2.24) is 10.2 Å². The van der Waals surface area contributed by atoms with Gasteiger partial charge in [-0.3, -0.25) is 9.69 Å². The second-order valence-electron chi connectivity index (χ2n) is 5.44. The van der Waals surface area contributed by atoms with E-state index in [1.165, 1.54) is 37.0 Å². The molecule has 0 spiro atoms. The molecule has 1 rings (SSSR count). The largest absolute Gasteiger partial charge is 0.326 e. The molecule has 0 aromatic carbocycles. The lowest BCUT2D eigenvalue weighted by Gasteiger charge is -2.12. The van der Waals surface area contributed by atoms with E-state index >= 15 is 0 Å². The Kier molecular flexibility index (Phi) is 8.90. The molecule has 3 amide bonds. The van der Waals surface area contributed by atoms with Crippen molar-refractivity contribution in [2.24, 2.45) is 0 Å². The Morgan fingerprint density at radius 3 is 2.25 bits per heavy atom. The highest BCUT2D eigenvalue weighted by atomic mass is 79.9. The molecule has 0 aromatic rings. The van der Waals surface area contributed by atoms with E-state index in [2.05, 4.69) is 21.2 Å². The molecule has 0 bridgehead atoms. The lowest BCUT2D eigenvalue weighted by molar-refractivity contribution is -0.127. The quantitative estimate of drug-likeness (QED) is 0.351. The van der Waals surface area contributed by atoms with Crippen LogP contribution in [0.4, 0.5) is 4.79 Å². The predicted octanol–water partition coefficient (Wildman–Crippen LogP) is 3.83. The van der Waals surface area contributed by atoms with Crippen molar-refractivity contribution in [3.63, 3.8) is 0 Å². The average Bonchev–Trinajstić information content (AvgIpc) is 2.69. The fourth-order valence-electron chi connectivity index (χ4n) is 2.52. The monoisotopic (exact) mass is 346 g/mol. The van der Waals surface area contributed by atoms with Gasteiger partial charge in [0.15, 0.2) is 0 Å². The van der Waals surface area contributed by atoms with E-state index in [-0.39, 0.29) is 18.0 Å². The third kappa shape index (κ3) is 5.81. The maximum absolute atomic E-state index is 12.0. The van der Waals surface area contributed by atoms with Gasteiger partial charge in [0, 0.05) is 11.9 Å². The van der Waals surface area contributed by atoms with Gasteiger partial charge in [0.05, 0.1) is 0 Å². The van der Waals surface area contributed by atoms with Crippen LogP contribution in [0.3, 0.4) is 0 Å². The molecule has 20 heavy (non-hydrogen) atoms. The number of hydrogen-bond donors (Lipinski definition) is 1. The van der Waals surface area contributed by atoms with E-state index in [0.717, 1.165) is 31.0 Å². The van der Waals surface area contributed by atoms with E-state index < -0.39 is 0 Å². The first-order valence-electron chi connectivity index (χ1n) is 7.88. The number of nitrogens with one attached hydrogen (secondary N) is 1. The maximum Gasteiger partial charge on any atom is 0.324 e. The zero-order valence-corrected chi connectivity index (χ0v) is 14.1. The standard InChI is InChI=1S/C15H27BrN2O2/c1-2-10-13-14(19)18(15(20)17-13)12-9-7-5-3-4-6-8-11-16/h13H,2-12H2,1H3,(H,17,20). The lowest BCUT2D eigenvalue weighted by atomic mass is 10.1. The number of halogens is 1. The Morgan fingerprint density at radius 2 is 1.65 bits per heavy atom. The minimum absolute atomic E-state index is 0.0332. The zero-order chi connectivity index (χ0) is 14.8. The van der Waals surface area contributed by atoms with Crippen LogP contribution in [0, 0.1) is 0 Å². The summed E-state index contributed by atoms with van der Waals surface area (Å²) in [6, 6.07) is -0.484. The van der Waals surface area contributed by atoms with Gasteiger partial charge in [-0.25, -0.2) is 4.79 Å². The van der Waals surface area contributed by atoms with Gasteiger partial charge in [0.1, 0.15) is 6.04 Å². The van der Waals surface area contributed by atoms with Gasteiger partial charge in [-0.2, -0.15) is 0 Å². The van der Waals surface area contributed by atoms with Crippen molar-refractivity contribution >= 4 is 27.9 Å². The van der Waals surface area contributed by atoms with Gasteiger partial charge < -0.3 is 5.32 Å². The van der Waals surface area contributed by atoms with Crippen molar-refractivity contribution in [3.8, 4) is 0 Å². The van der Waals surface area contributed by atoms with Crippen LogP contribution < -0.4 is 5.32 Å². The first-order chi connectivity index (χ1) is 9.70. The normalized spacial score (nSPS) is 18.7. The maximum atomic E-state index is 12.0. The number of carbonyl (C=O) groups excluding carboxylic acids is 2. The highest BCUT2D eigenvalue weighted by Gasteiger charge is 2.36. The van der Waals surface area contributed by atoms with E-state index in [9.17, 15) is 9.59 Å². The van der Waals surface area contributed by atoms with Crippen LogP contribution in [0.2, 0.25) is 0 Å². The molecular weight excluding hydrogens is 320 g/mol. The molecule has 0 aliphatic carbocycles. The van der Waals surface area contributed by atoms with Crippen molar-refractivity contribution < 1.29 is 9.59 Å². The van der Waals surface area contributed by atoms with Crippen molar-refractivity contribution in [3.05, 3.63) is 0 Å². The molecule has 1 fully saturated rings. The Balaban J connectivity index is 2.09. The molecule has 0 radical (unpaired) electrons. The minimum Gasteiger partial charge on any atom is -0.326 e. The first-order valence-corrected chi connectivity index (χ1v) is 9.00. The van der Waals surface area contributed by atoms with Crippen LogP contribution >= 0.6 is 15.9 Å². The molecule has 1 atom stereocenters. The summed E-state index contributed by atoms with van der Waals surface area (Å²) in [6.07, 6.45) is 9.97. The second-order valence-corrected chi connectivity index (χ2v) is 6.24. The van der Waals surface area contributed by atoms with Gasteiger partial charge in [0.25, 0.3) is 5.91 Å². The zero-order valence-electron chi connectivity index (χ0n) is 12.5. The Bertz CT molecular complexity index is 310. The van der Waals surface area contributed by atoms with Gasteiger partial charge in [-0.05, 0) is 19.3 Å². The van der Waals surface area contributed by atoms with Crippen molar-refractivity contribution in [1.29, 1.82) is 0 Å². The van der Waals surface area contributed by atoms with Crippen LogP contribution in [0.1, 0.15) is 64.7 Å². The molecule has 1 aliphatic rings. The molecule has 1 aliphatic heterocycles. The molecule has 4 nitrogen and oxygen atoms in total. The molecule has 5 heteroatoms. The first kappa shape index (κ1) is 17.5. The topological polar surface area (TPSA) is 49.4 Å². The summed E-state index contributed by atoms with van der Waals surface area (Å²) < 4.78 is 0. The number of carbonyl (C=O) groups is 2. The van der Waals surface area contributed by atoms with Gasteiger partial charge >= 0.3 is 6.03 Å². The number of nitrogens with zero attached hydrogens (tertiary/aromatic N) is 1. The highest BCUT2D eigenvalue weighted by molar-refractivity contribution is 9.09. The SMILES string of the molecule is CCCC1NC(=O)N(CCCCCCCCCBr)C1=O. The Labute approximate surface area is 130 Å². The smallest absolute Gasteiger partial charge is 0.324 e. The van der Waals surface area contributed by atoms with Gasteiger partial charge in [0.2, 0.25) is 0 Å². The molecule has 116 valence electrons. The highest BCUT2D eigenvalue weighted by Crippen LogP contribution is 2.13. The predicted molar refractivity (Wildman–Crippen MR) is 85.1 cm³/mol. The van der Waals surface area contributed by atoms with E-state index in [1.807, 2.05) is 6.92 Å². The van der Waals surface area contributed by atoms with Crippen LogP contribution in [-0.2, 0) is 4.79 Å². The fourth-order valence-corrected chi connectivity index (χ4v) is 2.92. The number of rotatable bonds is 11. The van der Waals surface area contributed by atoms with Gasteiger partial charge in [-0.1, -0.05) is 61.4 Å². The summed E-state index contributed by atoms with van der Waals surface area (Å²) >= 11 is 3.43. The molecule has 1 N–H and O–H groups in total. The van der Waals surface area contributed by atoms with Crippen LogP contribution in [0.15, 0.2) is 0 Å². The molecule has 1 unspecified atom stereocenters. The molecular formula is C15H27BrN2O2. The fraction of sp³-hybridized carbons (Fsp3) is 0.867. The van der Waals surface area contributed by atoms with Crippen molar-refractivity contribution in [2.75, 3.05) is 11.9 Å². The molecule has 0 saturated carbocycles. The number of imide groups is 1. The minimum atomic E-state index is -0.281. The van der Waals surface area contributed by atoms with Gasteiger partial charge in [-0.15, -0.1) is 0 Å². The summed E-state index contributed by atoms with van der Waals surface area (Å²) in [7, 11) is 0. The summed E-state index contributed by atoms with van der Waals surface area (Å²) in [4.78, 5) is 25.1. The molecule has 0 aromatic heterocycles. The van der Waals surface area contributed by atoms with Crippen LogP contribution in [0.5, 0.6) is 0 Å². The van der Waals surface area contributed by atoms with E-state index in [4.69, 9.17) is 0 Å².